The van der Waals surface area contributed by atoms with Gasteiger partial charge in [0.25, 0.3) is 5.91 Å². The molecule has 138 valence electrons. The van der Waals surface area contributed by atoms with Crippen LogP contribution in [-0.2, 0) is 4.79 Å². The molecule has 0 bridgehead atoms. The van der Waals surface area contributed by atoms with E-state index in [2.05, 4.69) is 16.8 Å². The van der Waals surface area contributed by atoms with Crippen LogP contribution in [0.4, 0.5) is 5.69 Å². The van der Waals surface area contributed by atoms with Gasteiger partial charge < -0.3 is 19.3 Å². The number of methoxy groups -OCH3 is 1. The molecule has 1 fully saturated rings. The number of para-hydroxylation sites is 2. The van der Waals surface area contributed by atoms with Crippen LogP contribution >= 0.6 is 0 Å². The second-order valence-corrected chi connectivity index (χ2v) is 6.32. The smallest absolute Gasteiger partial charge is 0.260 e. The van der Waals surface area contributed by atoms with Crippen LogP contribution in [0.25, 0.3) is 0 Å². The molecule has 0 N–H and O–H groups in total. The topological polar surface area (TPSA) is 54.9 Å². The van der Waals surface area contributed by atoms with Crippen molar-refractivity contribution in [2.24, 2.45) is 0 Å². The summed E-state index contributed by atoms with van der Waals surface area (Å²) >= 11 is 0. The number of amides is 1. The minimum atomic E-state index is 0.00389. The number of anilines is 1. The van der Waals surface area contributed by atoms with Gasteiger partial charge in [-0.05, 0) is 37.1 Å². The van der Waals surface area contributed by atoms with E-state index in [0.29, 0.717) is 18.0 Å². The van der Waals surface area contributed by atoms with Crippen LogP contribution in [0.15, 0.2) is 42.7 Å². The first-order valence-corrected chi connectivity index (χ1v) is 8.88. The second kappa shape index (κ2) is 8.56. The summed E-state index contributed by atoms with van der Waals surface area (Å²) in [6.07, 6.45) is 4.63. The van der Waals surface area contributed by atoms with Crippen LogP contribution in [0.2, 0.25) is 0 Å². The zero-order valence-electron chi connectivity index (χ0n) is 15.4. The average Bonchev–Trinajstić information content (AvgIpc) is 2.93. The van der Waals surface area contributed by atoms with Gasteiger partial charge in [0.1, 0.15) is 0 Å². The molecule has 0 spiro atoms. The van der Waals surface area contributed by atoms with E-state index < -0.39 is 0 Å². The zero-order chi connectivity index (χ0) is 18.4. The van der Waals surface area contributed by atoms with Crippen molar-refractivity contribution in [2.45, 2.75) is 13.3 Å². The van der Waals surface area contributed by atoms with Crippen LogP contribution < -0.4 is 14.4 Å². The molecule has 0 radical (unpaired) electrons. The van der Waals surface area contributed by atoms with E-state index in [0.717, 1.165) is 31.6 Å². The van der Waals surface area contributed by atoms with Crippen molar-refractivity contribution in [3.63, 3.8) is 0 Å². The fourth-order valence-electron chi connectivity index (χ4n) is 3.20. The van der Waals surface area contributed by atoms with Crippen LogP contribution in [0.3, 0.4) is 0 Å². The molecule has 6 heteroatoms. The number of ether oxygens (including phenoxy) is 2. The number of aryl methyl sites for hydroxylation is 1. The lowest BCUT2D eigenvalue weighted by Gasteiger charge is -2.25. The predicted molar refractivity (Wildman–Crippen MR) is 101 cm³/mol. The number of pyridine rings is 1. The number of nitrogens with zero attached hydrogens (tertiary/aromatic N) is 3. The van der Waals surface area contributed by atoms with Crippen molar-refractivity contribution in [1.82, 2.24) is 9.88 Å². The highest BCUT2D eigenvalue weighted by Gasteiger charge is 2.20. The third kappa shape index (κ3) is 4.25. The standard InChI is InChI=1S/C20H25N3O3/c1-16-14-21-9-8-17(16)22-10-5-11-23(13-12-22)20(24)15-26-19-7-4-3-6-18(19)25-2/h3-4,6-9,14H,5,10-13,15H2,1-2H3. The van der Waals surface area contributed by atoms with E-state index in [1.54, 1.807) is 7.11 Å². The summed E-state index contributed by atoms with van der Waals surface area (Å²) in [6.45, 7) is 5.27. The highest BCUT2D eigenvalue weighted by Crippen LogP contribution is 2.26. The molecule has 1 aromatic heterocycles. The van der Waals surface area contributed by atoms with Gasteiger partial charge in [0.15, 0.2) is 18.1 Å². The van der Waals surface area contributed by atoms with Gasteiger partial charge in [-0.2, -0.15) is 0 Å². The third-order valence-corrected chi connectivity index (χ3v) is 4.60. The molecule has 26 heavy (non-hydrogen) atoms. The Balaban J connectivity index is 1.57. The molecule has 0 saturated carbocycles. The largest absolute Gasteiger partial charge is 0.493 e. The van der Waals surface area contributed by atoms with Gasteiger partial charge in [-0.3, -0.25) is 9.78 Å². The maximum Gasteiger partial charge on any atom is 0.260 e. The maximum atomic E-state index is 12.6. The monoisotopic (exact) mass is 355 g/mol. The molecule has 1 aliphatic rings. The lowest BCUT2D eigenvalue weighted by atomic mass is 10.2. The molecular formula is C20H25N3O3. The number of hydrogen-bond acceptors (Lipinski definition) is 5. The number of carbonyl (C=O) groups excluding carboxylic acids is 1. The number of benzene rings is 1. The van der Waals surface area contributed by atoms with Gasteiger partial charge >= 0.3 is 0 Å². The molecule has 1 amide bonds. The van der Waals surface area contributed by atoms with E-state index >= 15 is 0 Å². The van der Waals surface area contributed by atoms with Crippen LogP contribution in [0, 0.1) is 6.92 Å². The van der Waals surface area contributed by atoms with Gasteiger partial charge in [-0.1, -0.05) is 12.1 Å². The Kier molecular flexibility index (Phi) is 5.94. The zero-order valence-corrected chi connectivity index (χ0v) is 15.4. The summed E-state index contributed by atoms with van der Waals surface area (Å²) in [5.74, 6) is 1.23. The number of carbonyl (C=O) groups is 1. The Bertz CT molecular complexity index is 751. The van der Waals surface area contributed by atoms with Crippen molar-refractivity contribution in [1.29, 1.82) is 0 Å². The normalized spacial score (nSPS) is 14.7. The predicted octanol–water partition coefficient (Wildman–Crippen LogP) is 2.52. The van der Waals surface area contributed by atoms with E-state index in [-0.39, 0.29) is 12.5 Å². The molecular weight excluding hydrogens is 330 g/mol. The van der Waals surface area contributed by atoms with Crippen LogP contribution in [-0.4, -0.2) is 55.7 Å². The van der Waals surface area contributed by atoms with Crippen LogP contribution in [0.5, 0.6) is 11.5 Å². The fraction of sp³-hybridized carbons (Fsp3) is 0.400. The Morgan fingerprint density at radius 2 is 1.92 bits per heavy atom. The van der Waals surface area contributed by atoms with E-state index in [1.807, 2.05) is 47.6 Å². The molecule has 1 saturated heterocycles. The average molecular weight is 355 g/mol. The lowest BCUT2D eigenvalue weighted by molar-refractivity contribution is -0.133. The van der Waals surface area contributed by atoms with Crippen molar-refractivity contribution < 1.29 is 14.3 Å². The third-order valence-electron chi connectivity index (χ3n) is 4.60. The van der Waals surface area contributed by atoms with Crippen molar-refractivity contribution in [3.05, 3.63) is 48.3 Å². The Labute approximate surface area is 154 Å². The van der Waals surface area contributed by atoms with Gasteiger partial charge in [0.2, 0.25) is 0 Å². The summed E-state index contributed by atoms with van der Waals surface area (Å²) in [6, 6.07) is 9.40. The Hall–Kier alpha value is -2.76. The SMILES string of the molecule is COc1ccccc1OCC(=O)N1CCCN(c2ccncc2C)CC1. The van der Waals surface area contributed by atoms with Crippen LogP contribution in [0.1, 0.15) is 12.0 Å². The molecule has 6 nitrogen and oxygen atoms in total. The first-order valence-electron chi connectivity index (χ1n) is 8.88. The molecule has 0 unspecified atom stereocenters. The molecule has 1 aliphatic heterocycles. The molecule has 2 heterocycles. The Morgan fingerprint density at radius 3 is 2.69 bits per heavy atom. The number of hydrogen-bond donors (Lipinski definition) is 0. The van der Waals surface area contributed by atoms with Gasteiger partial charge in [0.05, 0.1) is 7.11 Å². The summed E-state index contributed by atoms with van der Waals surface area (Å²) in [4.78, 5) is 20.9. The molecule has 0 atom stereocenters. The van der Waals surface area contributed by atoms with E-state index in [9.17, 15) is 4.79 Å². The van der Waals surface area contributed by atoms with Crippen molar-refractivity contribution in [3.8, 4) is 11.5 Å². The highest BCUT2D eigenvalue weighted by atomic mass is 16.5. The molecule has 3 rings (SSSR count). The van der Waals surface area contributed by atoms with Gasteiger partial charge in [-0.15, -0.1) is 0 Å². The van der Waals surface area contributed by atoms with E-state index in [1.165, 1.54) is 5.69 Å². The fourth-order valence-corrected chi connectivity index (χ4v) is 3.20. The summed E-state index contributed by atoms with van der Waals surface area (Å²) in [7, 11) is 1.59. The van der Waals surface area contributed by atoms with Crippen molar-refractivity contribution >= 4 is 11.6 Å². The minimum Gasteiger partial charge on any atom is -0.493 e. The quantitative estimate of drug-likeness (QED) is 0.825. The summed E-state index contributed by atoms with van der Waals surface area (Å²) in [5, 5.41) is 0. The molecule has 2 aromatic rings. The second-order valence-electron chi connectivity index (χ2n) is 6.32. The van der Waals surface area contributed by atoms with E-state index in [4.69, 9.17) is 9.47 Å². The van der Waals surface area contributed by atoms with Crippen molar-refractivity contribution in [2.75, 3.05) is 44.8 Å². The lowest BCUT2D eigenvalue weighted by Crippen LogP contribution is -2.38. The molecule has 1 aromatic carbocycles. The summed E-state index contributed by atoms with van der Waals surface area (Å²) < 4.78 is 10.9. The number of aromatic nitrogens is 1. The van der Waals surface area contributed by atoms with Gasteiger partial charge in [0, 0.05) is 44.3 Å². The maximum absolute atomic E-state index is 12.6. The Morgan fingerprint density at radius 1 is 1.12 bits per heavy atom. The first-order chi connectivity index (χ1) is 12.7. The number of rotatable bonds is 5. The minimum absolute atomic E-state index is 0.00389. The molecule has 0 aliphatic carbocycles. The highest BCUT2D eigenvalue weighted by molar-refractivity contribution is 5.78. The van der Waals surface area contributed by atoms with Gasteiger partial charge in [-0.25, -0.2) is 0 Å². The first kappa shape index (κ1) is 18.0. The summed E-state index contributed by atoms with van der Waals surface area (Å²) in [5.41, 5.74) is 2.35.